The summed E-state index contributed by atoms with van der Waals surface area (Å²) in [6.45, 7) is 5.49. The highest BCUT2D eigenvalue weighted by Crippen LogP contribution is 2.08. The molecule has 1 aliphatic rings. The second-order valence-electron chi connectivity index (χ2n) is 5.30. The van der Waals surface area contributed by atoms with Gasteiger partial charge in [0.1, 0.15) is 6.54 Å². The summed E-state index contributed by atoms with van der Waals surface area (Å²) in [6.07, 6.45) is 7.08. The molecule has 0 spiro atoms. The predicted octanol–water partition coefficient (Wildman–Crippen LogP) is 0.456. The minimum absolute atomic E-state index is 0.0207. The molecule has 2 heterocycles. The Balaban J connectivity index is 1.71. The Labute approximate surface area is 113 Å². The molecule has 1 fully saturated rings. The number of nitrogens with one attached hydrogen (secondary N) is 1. The normalized spacial score (nSPS) is 18.2. The van der Waals surface area contributed by atoms with E-state index in [0.29, 0.717) is 5.69 Å². The number of amides is 1. The van der Waals surface area contributed by atoms with E-state index in [-0.39, 0.29) is 18.5 Å². The van der Waals surface area contributed by atoms with Crippen molar-refractivity contribution in [1.82, 2.24) is 20.0 Å². The summed E-state index contributed by atoms with van der Waals surface area (Å²) >= 11 is 0. The maximum absolute atomic E-state index is 11.8. The van der Waals surface area contributed by atoms with Crippen molar-refractivity contribution in [3.63, 3.8) is 0 Å². The highest BCUT2D eigenvalue weighted by molar-refractivity contribution is 5.76. The molecular weight excluding hydrogens is 242 g/mol. The van der Waals surface area contributed by atoms with Gasteiger partial charge in [0.15, 0.2) is 0 Å². The lowest BCUT2D eigenvalue weighted by molar-refractivity contribution is -0.122. The molecule has 1 unspecified atom stereocenters. The van der Waals surface area contributed by atoms with Gasteiger partial charge in [-0.1, -0.05) is 6.42 Å². The third-order valence-corrected chi connectivity index (χ3v) is 3.35. The summed E-state index contributed by atoms with van der Waals surface area (Å²) in [4.78, 5) is 14.3. The molecule has 6 nitrogen and oxygen atoms in total. The van der Waals surface area contributed by atoms with E-state index >= 15 is 0 Å². The average Bonchev–Trinajstić information content (AvgIpc) is 2.75. The molecule has 1 amide bonds. The van der Waals surface area contributed by atoms with Crippen molar-refractivity contribution < 1.29 is 4.79 Å². The molecule has 1 aromatic heterocycles. The highest BCUT2D eigenvalue weighted by Gasteiger charge is 2.15. The minimum atomic E-state index is -0.0207. The Hall–Kier alpha value is -1.56. The number of nitrogens with two attached hydrogens (primary N) is 1. The fraction of sp³-hybridized carbons (Fsp3) is 0.692. The Morgan fingerprint density at radius 1 is 1.47 bits per heavy atom. The van der Waals surface area contributed by atoms with Crippen LogP contribution in [-0.2, 0) is 11.3 Å². The summed E-state index contributed by atoms with van der Waals surface area (Å²) in [5.74, 6) is -0.0207. The van der Waals surface area contributed by atoms with Crippen molar-refractivity contribution >= 4 is 11.6 Å². The average molecular weight is 265 g/mol. The number of rotatable bonds is 5. The SMILES string of the molecule is CC(CN1CCCCC1)NC(=O)Cn1cc(N)cn1. The lowest BCUT2D eigenvalue weighted by Gasteiger charge is -2.29. The maximum Gasteiger partial charge on any atom is 0.241 e. The molecule has 0 radical (unpaired) electrons. The number of hydrogen-bond acceptors (Lipinski definition) is 4. The molecule has 0 aromatic carbocycles. The first kappa shape index (κ1) is 13.9. The molecule has 2 rings (SSSR count). The standard InChI is InChI=1S/C13H23N5O/c1-11(8-17-5-3-2-4-6-17)16-13(19)10-18-9-12(14)7-15-18/h7,9,11H,2-6,8,10,14H2,1H3,(H,16,19). The molecule has 0 aliphatic carbocycles. The van der Waals surface area contributed by atoms with Crippen LogP contribution in [0.15, 0.2) is 12.4 Å². The molecule has 1 aromatic rings. The molecule has 106 valence electrons. The molecule has 1 aliphatic heterocycles. The lowest BCUT2D eigenvalue weighted by atomic mass is 10.1. The molecule has 19 heavy (non-hydrogen) atoms. The van der Waals surface area contributed by atoms with Gasteiger partial charge in [-0.2, -0.15) is 5.10 Å². The summed E-state index contributed by atoms with van der Waals surface area (Å²) in [7, 11) is 0. The number of carbonyl (C=O) groups is 1. The third kappa shape index (κ3) is 4.55. The number of aromatic nitrogens is 2. The van der Waals surface area contributed by atoms with E-state index in [1.165, 1.54) is 19.3 Å². The Kier molecular flexibility index (Phi) is 4.79. The zero-order valence-electron chi connectivity index (χ0n) is 11.5. The molecule has 0 saturated carbocycles. The van der Waals surface area contributed by atoms with Crippen LogP contribution in [0.4, 0.5) is 5.69 Å². The Morgan fingerprint density at radius 3 is 2.84 bits per heavy atom. The molecule has 1 atom stereocenters. The monoisotopic (exact) mass is 265 g/mol. The van der Waals surface area contributed by atoms with Crippen LogP contribution in [0.1, 0.15) is 26.2 Å². The summed E-state index contributed by atoms with van der Waals surface area (Å²) in [5, 5.41) is 7.00. The van der Waals surface area contributed by atoms with Gasteiger partial charge in [-0.3, -0.25) is 9.48 Å². The van der Waals surface area contributed by atoms with E-state index in [4.69, 9.17) is 5.73 Å². The van der Waals surface area contributed by atoms with Gasteiger partial charge >= 0.3 is 0 Å². The van der Waals surface area contributed by atoms with Crippen LogP contribution in [0.25, 0.3) is 0 Å². The fourth-order valence-electron chi connectivity index (χ4n) is 2.51. The largest absolute Gasteiger partial charge is 0.396 e. The number of carbonyl (C=O) groups excluding carboxylic acids is 1. The van der Waals surface area contributed by atoms with Crippen LogP contribution in [0.5, 0.6) is 0 Å². The summed E-state index contributed by atoms with van der Waals surface area (Å²) in [6, 6.07) is 0.165. The van der Waals surface area contributed by atoms with E-state index in [1.807, 2.05) is 6.92 Å². The smallest absolute Gasteiger partial charge is 0.241 e. The van der Waals surface area contributed by atoms with Crippen LogP contribution in [0, 0.1) is 0 Å². The number of anilines is 1. The van der Waals surface area contributed by atoms with Crippen molar-refractivity contribution in [1.29, 1.82) is 0 Å². The van der Waals surface area contributed by atoms with Gasteiger partial charge < -0.3 is 16.0 Å². The van der Waals surface area contributed by atoms with E-state index in [0.717, 1.165) is 19.6 Å². The van der Waals surface area contributed by atoms with Crippen LogP contribution in [0.3, 0.4) is 0 Å². The minimum Gasteiger partial charge on any atom is -0.396 e. The van der Waals surface area contributed by atoms with E-state index < -0.39 is 0 Å². The predicted molar refractivity (Wildman–Crippen MR) is 74.5 cm³/mol. The van der Waals surface area contributed by atoms with Crippen LogP contribution < -0.4 is 11.1 Å². The van der Waals surface area contributed by atoms with Crippen LogP contribution >= 0.6 is 0 Å². The Morgan fingerprint density at radius 2 is 2.21 bits per heavy atom. The highest BCUT2D eigenvalue weighted by atomic mass is 16.2. The number of nitrogen functional groups attached to an aromatic ring is 1. The lowest BCUT2D eigenvalue weighted by Crippen LogP contribution is -2.44. The first-order chi connectivity index (χ1) is 9.13. The van der Waals surface area contributed by atoms with Gasteiger partial charge in [0.05, 0.1) is 11.9 Å². The van der Waals surface area contributed by atoms with E-state index in [9.17, 15) is 4.79 Å². The fourth-order valence-corrected chi connectivity index (χ4v) is 2.51. The van der Waals surface area contributed by atoms with Gasteiger partial charge in [-0.05, 0) is 32.9 Å². The molecular formula is C13H23N5O. The zero-order chi connectivity index (χ0) is 13.7. The molecule has 6 heteroatoms. The third-order valence-electron chi connectivity index (χ3n) is 3.35. The molecule has 0 bridgehead atoms. The van der Waals surface area contributed by atoms with Crippen molar-refractivity contribution in [2.45, 2.75) is 38.8 Å². The summed E-state index contributed by atoms with van der Waals surface area (Å²) < 4.78 is 1.55. The van der Waals surface area contributed by atoms with Crippen molar-refractivity contribution in [3.05, 3.63) is 12.4 Å². The Bertz CT molecular complexity index is 411. The van der Waals surface area contributed by atoms with Crippen LogP contribution in [0.2, 0.25) is 0 Å². The van der Waals surface area contributed by atoms with Gasteiger partial charge in [0.2, 0.25) is 5.91 Å². The van der Waals surface area contributed by atoms with Crippen molar-refractivity contribution in [3.8, 4) is 0 Å². The number of nitrogens with zero attached hydrogens (tertiary/aromatic N) is 3. The first-order valence-electron chi connectivity index (χ1n) is 6.93. The van der Waals surface area contributed by atoms with Crippen molar-refractivity contribution in [2.75, 3.05) is 25.4 Å². The second-order valence-corrected chi connectivity index (χ2v) is 5.30. The molecule has 3 N–H and O–H groups in total. The van der Waals surface area contributed by atoms with Crippen molar-refractivity contribution in [2.24, 2.45) is 0 Å². The number of hydrogen-bond donors (Lipinski definition) is 2. The molecule has 1 saturated heterocycles. The second kappa shape index (κ2) is 6.56. The van der Waals surface area contributed by atoms with Gasteiger partial charge in [-0.15, -0.1) is 0 Å². The van der Waals surface area contributed by atoms with Crippen LogP contribution in [-0.4, -0.2) is 46.3 Å². The topological polar surface area (TPSA) is 76.2 Å². The number of likely N-dealkylation sites (tertiary alicyclic amines) is 1. The zero-order valence-corrected chi connectivity index (χ0v) is 11.5. The van der Waals surface area contributed by atoms with E-state index in [2.05, 4.69) is 15.3 Å². The number of piperidine rings is 1. The van der Waals surface area contributed by atoms with E-state index in [1.54, 1.807) is 17.1 Å². The first-order valence-corrected chi connectivity index (χ1v) is 6.93. The van der Waals surface area contributed by atoms with Gasteiger partial charge in [0.25, 0.3) is 0 Å². The maximum atomic E-state index is 11.8. The summed E-state index contributed by atoms with van der Waals surface area (Å²) in [5.41, 5.74) is 6.14. The van der Waals surface area contributed by atoms with Gasteiger partial charge in [0, 0.05) is 18.8 Å². The quantitative estimate of drug-likeness (QED) is 0.811. The van der Waals surface area contributed by atoms with Gasteiger partial charge in [-0.25, -0.2) is 0 Å².